The van der Waals surface area contributed by atoms with E-state index in [1.807, 2.05) is 18.3 Å². The zero-order valence-electron chi connectivity index (χ0n) is 16.9. The van der Waals surface area contributed by atoms with Gasteiger partial charge in [0.15, 0.2) is 6.23 Å². The normalized spacial score (nSPS) is 23.7. The van der Waals surface area contributed by atoms with Crippen LogP contribution in [0.4, 0.5) is 15.9 Å². The van der Waals surface area contributed by atoms with Crippen molar-refractivity contribution in [2.75, 3.05) is 5.32 Å². The van der Waals surface area contributed by atoms with Crippen molar-refractivity contribution in [2.45, 2.75) is 36.9 Å². The van der Waals surface area contributed by atoms with Crippen molar-refractivity contribution in [3.05, 3.63) is 67.1 Å². The van der Waals surface area contributed by atoms with E-state index in [0.717, 1.165) is 11.1 Å². The smallest absolute Gasteiger partial charge is 0.164 e. The Balaban J connectivity index is 1.52. The zero-order valence-corrected chi connectivity index (χ0v) is 16.9. The highest BCUT2D eigenvalue weighted by Gasteiger charge is 2.62. The van der Waals surface area contributed by atoms with E-state index in [1.165, 1.54) is 18.5 Å². The molecule has 4 aromatic rings. The first-order valence-electron chi connectivity index (χ1n) is 10.4. The highest BCUT2D eigenvalue weighted by molar-refractivity contribution is 6.02. The van der Waals surface area contributed by atoms with E-state index >= 15 is 0 Å². The molecule has 6 rings (SSSR count). The summed E-state index contributed by atoms with van der Waals surface area (Å²) in [5, 5.41) is 25.2. The average molecular weight is 433 g/mol. The van der Waals surface area contributed by atoms with Gasteiger partial charge in [-0.2, -0.15) is 0 Å². The Morgan fingerprint density at radius 2 is 1.94 bits per heavy atom. The van der Waals surface area contributed by atoms with E-state index in [0.29, 0.717) is 35.4 Å². The van der Waals surface area contributed by atoms with Crippen molar-refractivity contribution < 1.29 is 19.3 Å². The number of benzene rings is 1. The van der Waals surface area contributed by atoms with Crippen molar-refractivity contribution in [3.63, 3.8) is 0 Å². The molecule has 8 nitrogen and oxygen atoms in total. The summed E-state index contributed by atoms with van der Waals surface area (Å²) in [6.07, 6.45) is 5.28. The molecule has 9 heteroatoms. The standard InChI is InChI=1S/C23H20FN5O3/c24-14-3-5-15(6-4-14)28-20-17-16(13-2-1-9-25-10-13)11-29(21(17)27-12-26-20)22-18(30)19(31)23(32-22)7-8-23/h1-6,9-12,18-19,22,30-31H,7-8H2,(H,26,27,28)/t18-,19+,22-/m1/s1. The number of ether oxygens (including phenoxy) is 1. The highest BCUT2D eigenvalue weighted by atomic mass is 19.1. The minimum atomic E-state index is -1.08. The maximum absolute atomic E-state index is 13.4. The van der Waals surface area contributed by atoms with Crippen LogP contribution in [0, 0.1) is 5.82 Å². The second kappa shape index (κ2) is 7.06. The molecular weight excluding hydrogens is 413 g/mol. The predicted octanol–water partition coefficient (Wildman–Crippen LogP) is 3.16. The SMILES string of the molecule is O[C@H]1[C@H](n2cc(-c3cccnc3)c3c(Nc4ccc(F)cc4)ncnc32)OC2(CC2)[C@H]1O. The number of pyridine rings is 1. The highest BCUT2D eigenvalue weighted by Crippen LogP contribution is 2.53. The van der Waals surface area contributed by atoms with Crippen LogP contribution in [-0.4, -0.2) is 47.5 Å². The molecule has 1 saturated carbocycles. The van der Waals surface area contributed by atoms with Crippen LogP contribution >= 0.6 is 0 Å². The van der Waals surface area contributed by atoms with Gasteiger partial charge in [-0.05, 0) is 43.2 Å². The molecule has 4 heterocycles. The summed E-state index contributed by atoms with van der Waals surface area (Å²) in [5.41, 5.74) is 2.15. The molecule has 1 aliphatic carbocycles. The summed E-state index contributed by atoms with van der Waals surface area (Å²) < 4.78 is 21.2. The maximum atomic E-state index is 13.4. The topological polar surface area (TPSA) is 105 Å². The Kier molecular flexibility index (Phi) is 4.26. The Labute approximate surface area is 182 Å². The first kappa shape index (κ1) is 19.3. The molecular formula is C23H20FN5O3. The summed E-state index contributed by atoms with van der Waals surface area (Å²) in [6.45, 7) is 0. The molecule has 2 fully saturated rings. The number of aliphatic hydroxyl groups is 2. The van der Waals surface area contributed by atoms with Gasteiger partial charge in [-0.15, -0.1) is 0 Å². The van der Waals surface area contributed by atoms with Crippen LogP contribution in [0.5, 0.6) is 0 Å². The second-order valence-corrected chi connectivity index (χ2v) is 8.25. The number of halogens is 1. The van der Waals surface area contributed by atoms with Crippen LogP contribution in [0.25, 0.3) is 22.2 Å². The van der Waals surface area contributed by atoms with Gasteiger partial charge in [-0.3, -0.25) is 4.98 Å². The third-order valence-electron chi connectivity index (χ3n) is 6.22. The van der Waals surface area contributed by atoms with Crippen molar-refractivity contribution in [1.82, 2.24) is 19.5 Å². The molecule has 3 aromatic heterocycles. The monoisotopic (exact) mass is 433 g/mol. The van der Waals surface area contributed by atoms with Gasteiger partial charge < -0.3 is 24.8 Å². The van der Waals surface area contributed by atoms with Gasteiger partial charge in [0.25, 0.3) is 0 Å². The summed E-state index contributed by atoms with van der Waals surface area (Å²) in [5.74, 6) is 0.193. The first-order valence-corrected chi connectivity index (χ1v) is 10.4. The molecule has 0 amide bonds. The lowest BCUT2D eigenvalue weighted by Gasteiger charge is -2.17. The Morgan fingerprint density at radius 3 is 2.62 bits per heavy atom. The Hall–Kier alpha value is -3.40. The zero-order chi connectivity index (χ0) is 21.9. The van der Waals surface area contributed by atoms with Crippen molar-refractivity contribution in [3.8, 4) is 11.1 Å². The molecule has 1 aliphatic heterocycles. The average Bonchev–Trinajstić information content (AvgIpc) is 3.44. The van der Waals surface area contributed by atoms with Crippen LogP contribution in [0.3, 0.4) is 0 Å². The minimum Gasteiger partial charge on any atom is -0.387 e. The third kappa shape index (κ3) is 2.97. The van der Waals surface area contributed by atoms with Gasteiger partial charge >= 0.3 is 0 Å². The van der Waals surface area contributed by atoms with Crippen molar-refractivity contribution >= 4 is 22.5 Å². The molecule has 0 radical (unpaired) electrons. The lowest BCUT2D eigenvalue weighted by atomic mass is 10.1. The molecule has 32 heavy (non-hydrogen) atoms. The molecule has 162 valence electrons. The van der Waals surface area contributed by atoms with E-state index < -0.39 is 24.0 Å². The molecule has 3 N–H and O–H groups in total. The van der Waals surface area contributed by atoms with Gasteiger partial charge in [0.2, 0.25) is 0 Å². The molecule has 0 bridgehead atoms. The van der Waals surface area contributed by atoms with Gasteiger partial charge in [0, 0.05) is 35.4 Å². The quantitative estimate of drug-likeness (QED) is 0.454. The number of nitrogens with one attached hydrogen (secondary N) is 1. The molecule has 1 spiro atoms. The molecule has 2 aliphatic rings. The number of aromatic nitrogens is 4. The van der Waals surface area contributed by atoms with Gasteiger partial charge in [-0.1, -0.05) is 6.07 Å². The maximum Gasteiger partial charge on any atom is 0.164 e. The van der Waals surface area contributed by atoms with E-state index in [2.05, 4.69) is 20.3 Å². The summed E-state index contributed by atoms with van der Waals surface area (Å²) in [7, 11) is 0. The number of rotatable bonds is 4. The minimum absolute atomic E-state index is 0.328. The number of fused-ring (bicyclic) bond motifs is 1. The van der Waals surface area contributed by atoms with Crippen molar-refractivity contribution in [1.29, 1.82) is 0 Å². The van der Waals surface area contributed by atoms with Crippen molar-refractivity contribution in [2.24, 2.45) is 0 Å². The fourth-order valence-corrected chi connectivity index (χ4v) is 4.39. The fraction of sp³-hybridized carbons (Fsp3) is 0.261. The summed E-state index contributed by atoms with van der Waals surface area (Å²) >= 11 is 0. The number of aliphatic hydroxyl groups excluding tert-OH is 2. The van der Waals surface area contributed by atoms with E-state index in [1.54, 1.807) is 29.1 Å². The molecule has 1 aromatic carbocycles. The summed E-state index contributed by atoms with van der Waals surface area (Å²) in [6, 6.07) is 9.74. The fourth-order valence-electron chi connectivity index (χ4n) is 4.39. The van der Waals surface area contributed by atoms with E-state index in [9.17, 15) is 14.6 Å². The molecule has 1 saturated heterocycles. The summed E-state index contributed by atoms with van der Waals surface area (Å²) in [4.78, 5) is 13.1. The molecule has 3 atom stereocenters. The number of nitrogens with zero attached hydrogens (tertiary/aromatic N) is 4. The largest absolute Gasteiger partial charge is 0.387 e. The second-order valence-electron chi connectivity index (χ2n) is 8.25. The van der Waals surface area contributed by atoms with Crippen LogP contribution in [0.1, 0.15) is 19.1 Å². The third-order valence-corrected chi connectivity index (χ3v) is 6.22. The Bertz CT molecular complexity index is 1290. The van der Waals surface area contributed by atoms with Gasteiger partial charge in [0.1, 0.15) is 35.8 Å². The number of hydrogen-bond donors (Lipinski definition) is 3. The predicted molar refractivity (Wildman–Crippen MR) is 115 cm³/mol. The number of hydrogen-bond acceptors (Lipinski definition) is 7. The Morgan fingerprint density at radius 1 is 1.12 bits per heavy atom. The van der Waals surface area contributed by atoms with E-state index in [4.69, 9.17) is 4.74 Å². The van der Waals surface area contributed by atoms with Crippen LogP contribution in [0.15, 0.2) is 61.3 Å². The lowest BCUT2D eigenvalue weighted by molar-refractivity contribution is -0.0456. The van der Waals surface area contributed by atoms with Gasteiger partial charge in [0.05, 0.1) is 11.0 Å². The van der Waals surface area contributed by atoms with Crippen LogP contribution < -0.4 is 5.32 Å². The van der Waals surface area contributed by atoms with Crippen LogP contribution in [0.2, 0.25) is 0 Å². The van der Waals surface area contributed by atoms with Crippen LogP contribution in [-0.2, 0) is 4.74 Å². The molecule has 0 unspecified atom stereocenters. The lowest BCUT2D eigenvalue weighted by Crippen LogP contribution is -2.32. The van der Waals surface area contributed by atoms with Gasteiger partial charge in [-0.25, -0.2) is 14.4 Å². The number of anilines is 2. The first-order chi connectivity index (χ1) is 15.6. The van der Waals surface area contributed by atoms with E-state index in [-0.39, 0.29) is 5.82 Å².